The topological polar surface area (TPSA) is 38.3 Å². The number of ether oxygens (including phenoxy) is 1. The van der Waals surface area contributed by atoms with E-state index >= 15 is 0 Å². The fourth-order valence-electron chi connectivity index (χ4n) is 5.86. The van der Waals surface area contributed by atoms with Gasteiger partial charge in [0.15, 0.2) is 0 Å². The van der Waals surface area contributed by atoms with Gasteiger partial charge in [0, 0.05) is 30.0 Å². The van der Waals surface area contributed by atoms with Crippen LogP contribution >= 0.6 is 0 Å². The number of nitrogens with one attached hydrogen (secondary N) is 1. The van der Waals surface area contributed by atoms with Crippen molar-refractivity contribution < 1.29 is 38.0 Å². The molecule has 1 aliphatic carbocycles. The summed E-state index contributed by atoms with van der Waals surface area (Å²) in [6, 6.07) is 16.1. The Kier molecular flexibility index (Phi) is 8.35. The molecule has 2 aromatic rings. The highest BCUT2D eigenvalue weighted by molar-refractivity contribution is 5.89. The molecule has 0 aromatic heterocycles. The lowest BCUT2D eigenvalue weighted by Gasteiger charge is -2.42. The fraction of sp³-hybridized carbons (Fsp3) is 0.483. The molecule has 34 heavy (non-hydrogen) atoms. The van der Waals surface area contributed by atoms with Crippen molar-refractivity contribution >= 4 is 5.91 Å². The Balaban J connectivity index is 0.00000274. The van der Waals surface area contributed by atoms with Gasteiger partial charge in [0.2, 0.25) is 5.91 Å². The molecule has 0 atom stereocenters. The maximum Gasteiger partial charge on any atom is 0.232 e. The summed E-state index contributed by atoms with van der Waals surface area (Å²) in [7, 11) is 2.41. The molecule has 2 heterocycles. The van der Waals surface area contributed by atoms with Crippen LogP contribution in [0.1, 0.15) is 68.4 Å². The van der Waals surface area contributed by atoms with Gasteiger partial charge in [-0.15, -0.1) is 0 Å². The van der Waals surface area contributed by atoms with E-state index in [2.05, 4.69) is 18.4 Å². The van der Waals surface area contributed by atoms with Crippen molar-refractivity contribution in [2.45, 2.75) is 63.3 Å². The van der Waals surface area contributed by atoms with E-state index in [1.165, 1.54) is 45.1 Å². The quantitative estimate of drug-likeness (QED) is 0.348. The Hall–Kier alpha value is -1.86. The summed E-state index contributed by atoms with van der Waals surface area (Å²) in [5, 5.41) is 3.41. The summed E-state index contributed by atoms with van der Waals surface area (Å²) in [4.78, 5) is 13.6. The van der Waals surface area contributed by atoms with E-state index in [-0.39, 0.29) is 41.8 Å². The number of allylic oxidation sites excluding steroid dienone is 1. The molecule has 1 N–H and O–H groups in total. The Morgan fingerprint density at radius 1 is 0.941 bits per heavy atom. The Morgan fingerprint density at radius 3 is 2.24 bits per heavy atom. The second kappa shape index (κ2) is 11.3. The van der Waals surface area contributed by atoms with E-state index in [1.807, 2.05) is 48.5 Å². The summed E-state index contributed by atoms with van der Waals surface area (Å²) in [5.74, 6) is 1.37. The zero-order valence-electron chi connectivity index (χ0n) is 20.3. The molecule has 1 amide bonds. The van der Waals surface area contributed by atoms with Crippen LogP contribution in [-0.2, 0) is 4.79 Å². The van der Waals surface area contributed by atoms with E-state index in [4.69, 9.17) is 4.74 Å². The monoisotopic (exact) mass is 572 g/mol. The second-order valence-corrected chi connectivity index (χ2v) is 10.4. The lowest BCUT2D eigenvalue weighted by molar-refractivity contribution is -0.910. The minimum absolute atomic E-state index is 0. The van der Waals surface area contributed by atoms with Gasteiger partial charge in [-0.25, -0.2) is 0 Å². The van der Waals surface area contributed by atoms with Crippen LogP contribution in [0.3, 0.4) is 0 Å². The number of rotatable bonds is 4. The molecule has 2 aliphatic heterocycles. The third-order valence-electron chi connectivity index (χ3n) is 7.79. The number of likely N-dealkylation sites (N-methyl/N-ethyl adjacent to an activating group) is 1. The van der Waals surface area contributed by atoms with Gasteiger partial charge >= 0.3 is 0 Å². The number of hydrogen-bond acceptors (Lipinski definition) is 2. The van der Waals surface area contributed by atoms with Gasteiger partial charge in [-0.3, -0.25) is 4.79 Å². The molecular weight excluding hydrogens is 535 g/mol. The van der Waals surface area contributed by atoms with Gasteiger partial charge in [-0.1, -0.05) is 55.3 Å². The number of carbonyl (C=O) groups excluding carboxylic acids is 1. The maximum absolute atomic E-state index is 13.6. The third kappa shape index (κ3) is 5.68. The van der Waals surface area contributed by atoms with Crippen LogP contribution in [0.15, 0.2) is 60.2 Å². The molecule has 5 rings (SSSR count). The van der Waals surface area contributed by atoms with Crippen LogP contribution in [0, 0.1) is 0 Å². The van der Waals surface area contributed by atoms with Crippen molar-refractivity contribution in [1.29, 1.82) is 0 Å². The number of likely N-dealkylation sites (tertiary alicyclic amines) is 1. The first-order valence-electron chi connectivity index (χ1n) is 12.8. The van der Waals surface area contributed by atoms with Crippen LogP contribution in [0.2, 0.25) is 0 Å². The van der Waals surface area contributed by atoms with E-state index in [0.717, 1.165) is 53.0 Å². The Bertz CT molecular complexity index is 981. The van der Waals surface area contributed by atoms with E-state index in [9.17, 15) is 4.79 Å². The molecule has 1 saturated heterocycles. The molecule has 0 bridgehead atoms. The normalized spacial score (nSPS) is 24.7. The largest absolute Gasteiger partial charge is 1.00 e. The third-order valence-corrected chi connectivity index (χ3v) is 7.79. The van der Waals surface area contributed by atoms with Gasteiger partial charge in [-0.2, -0.15) is 0 Å². The van der Waals surface area contributed by atoms with Crippen LogP contribution in [-0.4, -0.2) is 43.1 Å². The van der Waals surface area contributed by atoms with Crippen molar-refractivity contribution in [3.05, 3.63) is 71.3 Å². The van der Waals surface area contributed by atoms with E-state index in [0.29, 0.717) is 0 Å². The number of piperidine rings is 1. The van der Waals surface area contributed by atoms with E-state index < -0.39 is 0 Å². The summed E-state index contributed by atoms with van der Waals surface area (Å²) in [6.45, 7) is 3.44. The molecule has 4 nitrogen and oxygen atoms in total. The summed E-state index contributed by atoms with van der Waals surface area (Å²) in [5.41, 5.74) is 3.58. The van der Waals surface area contributed by atoms with Crippen molar-refractivity contribution in [3.8, 4) is 11.5 Å². The van der Waals surface area contributed by atoms with Gasteiger partial charge in [0.25, 0.3) is 0 Å². The molecule has 2 aromatic carbocycles. The first kappa shape index (κ1) is 25.2. The SMILES string of the molecule is C[N+]1(CC2=CCCCCCC2)CCC(NC(=O)C2c3ccccc3Oc3ccccc32)CC1.[I-]. The number of amides is 1. The number of benzene rings is 2. The predicted octanol–water partition coefficient (Wildman–Crippen LogP) is 2.93. The lowest BCUT2D eigenvalue weighted by atomic mass is 9.86. The average molecular weight is 573 g/mol. The smallest absolute Gasteiger partial charge is 0.232 e. The maximum atomic E-state index is 13.6. The second-order valence-electron chi connectivity index (χ2n) is 10.4. The van der Waals surface area contributed by atoms with Crippen molar-refractivity contribution in [2.75, 3.05) is 26.7 Å². The molecule has 0 spiro atoms. The number of hydrogen-bond donors (Lipinski definition) is 1. The molecule has 0 unspecified atom stereocenters. The summed E-state index contributed by atoms with van der Waals surface area (Å²) < 4.78 is 7.19. The molecule has 3 aliphatic rings. The lowest BCUT2D eigenvalue weighted by Crippen LogP contribution is -3.00. The molecule has 1 fully saturated rings. The Morgan fingerprint density at radius 2 is 1.56 bits per heavy atom. The molecule has 5 heteroatoms. The molecule has 0 radical (unpaired) electrons. The highest BCUT2D eigenvalue weighted by atomic mass is 127. The fourth-order valence-corrected chi connectivity index (χ4v) is 5.86. The van der Waals surface area contributed by atoms with Crippen molar-refractivity contribution in [3.63, 3.8) is 0 Å². The van der Waals surface area contributed by atoms with Gasteiger partial charge < -0.3 is 38.5 Å². The standard InChI is InChI=1S/C29H36N2O2.HI/c1-31(21-22-11-5-3-2-4-6-12-22)19-17-23(18-20-31)30-29(32)28-24-13-7-9-15-26(24)33-27-16-10-8-14-25(27)28;/h7-11,13-16,23,28H,2-6,12,17-21H2,1H3;1H. The molecular formula is C29H37IN2O2. The zero-order valence-corrected chi connectivity index (χ0v) is 22.4. The predicted molar refractivity (Wildman–Crippen MR) is 133 cm³/mol. The number of nitrogens with zero attached hydrogens (tertiary/aromatic N) is 1. The highest BCUT2D eigenvalue weighted by Gasteiger charge is 2.36. The highest BCUT2D eigenvalue weighted by Crippen LogP contribution is 2.44. The van der Waals surface area contributed by atoms with Crippen molar-refractivity contribution in [1.82, 2.24) is 5.32 Å². The first-order chi connectivity index (χ1) is 16.1. The van der Waals surface area contributed by atoms with E-state index in [1.54, 1.807) is 5.57 Å². The number of halogens is 1. The Labute approximate surface area is 221 Å². The minimum atomic E-state index is -0.311. The average Bonchev–Trinajstić information content (AvgIpc) is 2.81. The number of carbonyl (C=O) groups is 1. The first-order valence-corrected chi connectivity index (χ1v) is 12.8. The number of quaternary nitrogens is 1. The van der Waals surface area contributed by atoms with Crippen molar-refractivity contribution in [2.24, 2.45) is 0 Å². The van der Waals surface area contributed by atoms with Gasteiger partial charge in [0.05, 0.1) is 26.1 Å². The minimum Gasteiger partial charge on any atom is -1.00 e. The van der Waals surface area contributed by atoms with Gasteiger partial charge in [-0.05, 0) is 43.4 Å². The summed E-state index contributed by atoms with van der Waals surface area (Å²) in [6.07, 6.45) is 12.6. The van der Waals surface area contributed by atoms with Crippen LogP contribution in [0.5, 0.6) is 11.5 Å². The number of para-hydroxylation sites is 2. The number of fused-ring (bicyclic) bond motifs is 2. The molecule has 182 valence electrons. The zero-order chi connectivity index (χ0) is 22.7. The van der Waals surface area contributed by atoms with Crippen LogP contribution < -0.4 is 34.0 Å². The van der Waals surface area contributed by atoms with Gasteiger partial charge in [0.1, 0.15) is 18.0 Å². The molecule has 0 saturated carbocycles. The van der Waals surface area contributed by atoms with Crippen LogP contribution in [0.4, 0.5) is 0 Å². The summed E-state index contributed by atoms with van der Waals surface area (Å²) >= 11 is 0. The van der Waals surface area contributed by atoms with Crippen LogP contribution in [0.25, 0.3) is 0 Å².